The number of hydrogen-bond donors (Lipinski definition) is 2. The number of benzene rings is 1. The van der Waals surface area contributed by atoms with Gasteiger partial charge in [0.2, 0.25) is 0 Å². The van der Waals surface area contributed by atoms with E-state index >= 15 is 0 Å². The van der Waals surface area contributed by atoms with Crippen LogP contribution in [-0.4, -0.2) is 10.9 Å². The molecular weight excluding hydrogens is 280 g/mol. The fraction of sp³-hybridized carbons (Fsp3) is 0.143. The molecule has 1 aromatic carbocycles. The maximum atomic E-state index is 11.9. The van der Waals surface area contributed by atoms with Crippen LogP contribution in [0.3, 0.4) is 0 Å². The first-order chi connectivity index (χ1) is 9.06. The van der Waals surface area contributed by atoms with Gasteiger partial charge >= 0.3 is 0 Å². The van der Waals surface area contributed by atoms with E-state index in [4.69, 9.17) is 23.8 Å². The fourth-order valence-corrected chi connectivity index (χ4v) is 2.05. The highest BCUT2D eigenvalue weighted by atomic mass is 35.5. The van der Waals surface area contributed by atoms with Gasteiger partial charge in [-0.15, -0.1) is 0 Å². The van der Waals surface area contributed by atoms with E-state index in [0.717, 1.165) is 11.3 Å². The Morgan fingerprint density at radius 1 is 1.26 bits per heavy atom. The topological polar surface area (TPSA) is 44.9 Å². The molecule has 0 aliphatic rings. The van der Waals surface area contributed by atoms with Crippen molar-refractivity contribution < 1.29 is 4.79 Å². The molecule has 2 aromatic rings. The Balaban J connectivity index is 2.04. The summed E-state index contributed by atoms with van der Waals surface area (Å²) in [5, 5.41) is 3.44. The van der Waals surface area contributed by atoms with Crippen LogP contribution in [0, 0.1) is 11.6 Å². The van der Waals surface area contributed by atoms with E-state index in [0.29, 0.717) is 21.8 Å². The second-order valence-electron chi connectivity index (χ2n) is 4.19. The molecule has 98 valence electrons. The number of aromatic amines is 1. The number of halogens is 1. The quantitative estimate of drug-likeness (QED) is 0.849. The lowest BCUT2D eigenvalue weighted by atomic mass is 10.2. The van der Waals surface area contributed by atoms with Gasteiger partial charge in [-0.2, -0.15) is 0 Å². The Bertz CT molecular complexity index is 649. The summed E-state index contributed by atoms with van der Waals surface area (Å²) in [7, 11) is 0. The zero-order valence-electron chi connectivity index (χ0n) is 10.4. The van der Waals surface area contributed by atoms with Gasteiger partial charge < -0.3 is 10.3 Å². The minimum absolute atomic E-state index is 0.147. The molecule has 1 heterocycles. The van der Waals surface area contributed by atoms with E-state index in [9.17, 15) is 4.79 Å². The normalized spacial score (nSPS) is 10.2. The number of rotatable bonds is 3. The summed E-state index contributed by atoms with van der Waals surface area (Å²) in [5.41, 5.74) is 2.46. The number of carbonyl (C=O) groups excluding carboxylic acids is 1. The smallest absolute Gasteiger partial charge is 0.251 e. The summed E-state index contributed by atoms with van der Waals surface area (Å²) < 4.78 is 0.649. The molecule has 0 saturated carbocycles. The first-order valence-electron chi connectivity index (χ1n) is 5.79. The van der Waals surface area contributed by atoms with E-state index in [2.05, 4.69) is 10.3 Å². The Morgan fingerprint density at radius 3 is 2.58 bits per heavy atom. The first kappa shape index (κ1) is 13.8. The largest absolute Gasteiger partial charge is 0.350 e. The van der Waals surface area contributed by atoms with Crippen LogP contribution in [0.25, 0.3) is 0 Å². The molecule has 2 rings (SSSR count). The Kier molecular flexibility index (Phi) is 4.35. The molecule has 0 radical (unpaired) electrons. The monoisotopic (exact) mass is 292 g/mol. The second-order valence-corrected chi connectivity index (χ2v) is 5.03. The predicted molar refractivity (Wildman–Crippen MR) is 79.0 cm³/mol. The highest BCUT2D eigenvalue weighted by molar-refractivity contribution is 7.71. The van der Waals surface area contributed by atoms with Crippen LogP contribution < -0.4 is 5.32 Å². The number of nitrogens with one attached hydrogen (secondary N) is 2. The van der Waals surface area contributed by atoms with Gasteiger partial charge in [0.25, 0.3) is 5.91 Å². The lowest BCUT2D eigenvalue weighted by Gasteiger charge is -2.06. The average Bonchev–Trinajstić information content (AvgIpc) is 2.38. The first-order valence-corrected chi connectivity index (χ1v) is 6.57. The lowest BCUT2D eigenvalue weighted by molar-refractivity contribution is 0.0951. The molecule has 0 fully saturated rings. The number of H-pyrrole nitrogens is 1. The molecule has 0 bridgehead atoms. The third kappa shape index (κ3) is 3.66. The number of aromatic nitrogens is 1. The van der Waals surface area contributed by atoms with Crippen LogP contribution >= 0.6 is 23.8 Å². The number of hydrogen-bond acceptors (Lipinski definition) is 2. The predicted octanol–water partition coefficient (Wildman–Crippen LogP) is 3.64. The van der Waals surface area contributed by atoms with Crippen LogP contribution in [0.5, 0.6) is 0 Å². The maximum Gasteiger partial charge on any atom is 0.251 e. The summed E-state index contributed by atoms with van der Waals surface area (Å²) >= 11 is 11.0. The Labute approximate surface area is 121 Å². The van der Waals surface area contributed by atoms with Gasteiger partial charge in [0.15, 0.2) is 0 Å². The van der Waals surface area contributed by atoms with Crippen molar-refractivity contribution in [3.05, 3.63) is 62.9 Å². The third-order valence-corrected chi connectivity index (χ3v) is 3.30. The van der Waals surface area contributed by atoms with Crippen molar-refractivity contribution >= 4 is 29.7 Å². The highest BCUT2D eigenvalue weighted by Crippen LogP contribution is 2.09. The summed E-state index contributed by atoms with van der Waals surface area (Å²) in [6.07, 6.45) is 0. The van der Waals surface area contributed by atoms with Crippen molar-refractivity contribution in [3.8, 4) is 0 Å². The molecule has 19 heavy (non-hydrogen) atoms. The minimum atomic E-state index is -0.147. The summed E-state index contributed by atoms with van der Waals surface area (Å²) in [5.74, 6) is -0.147. The van der Waals surface area contributed by atoms with Gasteiger partial charge in [-0.1, -0.05) is 29.9 Å². The molecule has 0 saturated heterocycles. The van der Waals surface area contributed by atoms with Gasteiger partial charge in [0.1, 0.15) is 4.64 Å². The molecule has 1 aromatic heterocycles. The number of aryl methyl sites for hydroxylation is 1. The van der Waals surface area contributed by atoms with E-state index in [1.165, 1.54) is 0 Å². The van der Waals surface area contributed by atoms with Crippen molar-refractivity contribution in [2.75, 3.05) is 0 Å². The van der Waals surface area contributed by atoms with E-state index < -0.39 is 0 Å². The van der Waals surface area contributed by atoms with Gasteiger partial charge in [-0.05, 0) is 37.3 Å². The lowest BCUT2D eigenvalue weighted by Crippen LogP contribution is -2.23. The SMILES string of the molecule is Cc1ccc(CNC(=O)c2ccc(Cl)cc2)c(=S)[nH]1. The van der Waals surface area contributed by atoms with Gasteiger partial charge in [-0.3, -0.25) is 4.79 Å². The minimum Gasteiger partial charge on any atom is -0.350 e. The zero-order valence-corrected chi connectivity index (χ0v) is 11.9. The molecule has 0 aliphatic carbocycles. The van der Waals surface area contributed by atoms with Crippen LogP contribution in [-0.2, 0) is 6.54 Å². The van der Waals surface area contributed by atoms with Crippen LogP contribution in [0.4, 0.5) is 0 Å². The van der Waals surface area contributed by atoms with E-state index in [1.54, 1.807) is 24.3 Å². The second kappa shape index (κ2) is 5.99. The molecule has 0 spiro atoms. The highest BCUT2D eigenvalue weighted by Gasteiger charge is 2.05. The van der Waals surface area contributed by atoms with E-state index in [1.807, 2.05) is 19.1 Å². The number of amides is 1. The fourth-order valence-electron chi connectivity index (χ4n) is 1.62. The number of pyridine rings is 1. The summed E-state index contributed by atoms with van der Waals surface area (Å²) in [4.78, 5) is 15.0. The molecule has 0 unspecified atom stereocenters. The third-order valence-electron chi connectivity index (χ3n) is 2.68. The molecule has 3 nitrogen and oxygen atoms in total. The molecule has 0 aliphatic heterocycles. The average molecular weight is 293 g/mol. The van der Waals surface area contributed by atoms with Crippen molar-refractivity contribution in [2.24, 2.45) is 0 Å². The van der Waals surface area contributed by atoms with Gasteiger partial charge in [0, 0.05) is 28.4 Å². The molecular formula is C14H13ClN2OS. The molecule has 5 heteroatoms. The van der Waals surface area contributed by atoms with Crippen LogP contribution in [0.2, 0.25) is 5.02 Å². The maximum absolute atomic E-state index is 11.9. The van der Waals surface area contributed by atoms with Crippen LogP contribution in [0.15, 0.2) is 36.4 Å². The Morgan fingerprint density at radius 2 is 1.95 bits per heavy atom. The number of carbonyl (C=O) groups is 1. The van der Waals surface area contributed by atoms with Crippen molar-refractivity contribution in [1.29, 1.82) is 0 Å². The van der Waals surface area contributed by atoms with Gasteiger partial charge in [0.05, 0.1) is 0 Å². The molecule has 2 N–H and O–H groups in total. The van der Waals surface area contributed by atoms with Crippen molar-refractivity contribution in [2.45, 2.75) is 13.5 Å². The van der Waals surface area contributed by atoms with Crippen LogP contribution in [0.1, 0.15) is 21.6 Å². The summed E-state index contributed by atoms with van der Waals surface area (Å²) in [6.45, 7) is 2.34. The van der Waals surface area contributed by atoms with Gasteiger partial charge in [-0.25, -0.2) is 0 Å². The Hall–Kier alpha value is -1.65. The molecule has 0 atom stereocenters. The standard InChI is InChI=1S/C14H13ClN2OS/c1-9-2-3-11(14(19)17-9)8-16-13(18)10-4-6-12(15)7-5-10/h2-7H,8H2,1H3,(H,16,18)(H,17,19). The van der Waals surface area contributed by atoms with Crippen molar-refractivity contribution in [1.82, 2.24) is 10.3 Å². The van der Waals surface area contributed by atoms with E-state index in [-0.39, 0.29) is 5.91 Å². The van der Waals surface area contributed by atoms with Crippen molar-refractivity contribution in [3.63, 3.8) is 0 Å². The zero-order chi connectivity index (χ0) is 13.8. The molecule has 1 amide bonds. The summed E-state index contributed by atoms with van der Waals surface area (Å²) in [6, 6.07) is 10.6.